The molecule has 0 fully saturated rings. The van der Waals surface area contributed by atoms with Gasteiger partial charge in [-0.05, 0) is 61.1 Å². The minimum atomic E-state index is 0.415. The lowest BCUT2D eigenvalue weighted by molar-refractivity contribution is 0.365. The highest BCUT2D eigenvalue weighted by Crippen LogP contribution is 2.26. The number of benzene rings is 1. The predicted octanol–water partition coefficient (Wildman–Crippen LogP) is 4.89. The summed E-state index contributed by atoms with van der Waals surface area (Å²) in [5, 5.41) is 0.706. The van der Waals surface area contributed by atoms with E-state index in [0.29, 0.717) is 16.4 Å². The normalized spacial score (nSPS) is 11.6. The van der Waals surface area contributed by atoms with Crippen LogP contribution in [-0.4, -0.2) is 9.97 Å². The Hall–Kier alpha value is -1.55. The topological polar surface area (TPSA) is 51.8 Å². The molecule has 0 aliphatic carbocycles. The van der Waals surface area contributed by atoms with Gasteiger partial charge in [-0.3, -0.25) is 0 Å². The number of hydrogen-bond donors (Lipinski definition) is 1. The van der Waals surface area contributed by atoms with Gasteiger partial charge in [-0.15, -0.1) is 0 Å². The first kappa shape index (κ1) is 16.8. The van der Waals surface area contributed by atoms with Crippen LogP contribution in [0.1, 0.15) is 44.9 Å². The van der Waals surface area contributed by atoms with Crippen LogP contribution in [0.3, 0.4) is 0 Å². The number of hydrogen-bond acceptors (Lipinski definition) is 4. The number of aromatic nitrogens is 2. The fraction of sp³-hybridized carbons (Fsp3) is 0.444. The average molecular weight is 315 g/mol. The molecule has 2 rings (SSSR count). The summed E-state index contributed by atoms with van der Waals surface area (Å²) >= 11 is 1.55. The molecule has 4 heteroatoms. The molecule has 1 aromatic heterocycles. The van der Waals surface area contributed by atoms with Gasteiger partial charge in [-0.25, -0.2) is 9.97 Å². The number of nitrogens with two attached hydrogens (primary N) is 1. The Morgan fingerprint density at radius 2 is 1.77 bits per heavy atom. The number of aryl methyl sites for hydroxylation is 2. The highest BCUT2D eigenvalue weighted by molar-refractivity contribution is 7.99. The summed E-state index contributed by atoms with van der Waals surface area (Å²) in [6, 6.07) is 10.5. The van der Waals surface area contributed by atoms with Crippen molar-refractivity contribution in [2.75, 3.05) is 5.73 Å². The molecule has 3 nitrogen and oxygen atoms in total. The van der Waals surface area contributed by atoms with Gasteiger partial charge in [0.25, 0.3) is 0 Å². The third-order valence-electron chi connectivity index (χ3n) is 3.38. The van der Waals surface area contributed by atoms with Gasteiger partial charge in [0.1, 0.15) is 5.82 Å². The molecule has 22 heavy (non-hydrogen) atoms. The molecule has 0 saturated heterocycles. The Labute approximate surface area is 137 Å². The standard InChI is InChI=1S/C18H25N3S/c1-13-12-16(19)21-17(20-13)22-15-9-7-14(8-10-15)6-5-11-18(2,3)4/h7-10,12H,5-6,11H2,1-4H3,(H2,19,20,21). The molecule has 118 valence electrons. The summed E-state index contributed by atoms with van der Waals surface area (Å²) in [4.78, 5) is 9.80. The van der Waals surface area contributed by atoms with Gasteiger partial charge >= 0.3 is 0 Å². The molecule has 0 bridgehead atoms. The Morgan fingerprint density at radius 3 is 2.36 bits per heavy atom. The van der Waals surface area contributed by atoms with Gasteiger partial charge < -0.3 is 5.73 Å². The molecule has 2 aromatic rings. The minimum Gasteiger partial charge on any atom is -0.384 e. The minimum absolute atomic E-state index is 0.415. The number of rotatable bonds is 5. The van der Waals surface area contributed by atoms with Gasteiger partial charge in [-0.1, -0.05) is 32.9 Å². The van der Waals surface area contributed by atoms with Crippen molar-refractivity contribution in [3.8, 4) is 0 Å². The van der Waals surface area contributed by atoms with Crippen LogP contribution < -0.4 is 5.73 Å². The first-order chi connectivity index (χ1) is 10.3. The van der Waals surface area contributed by atoms with Crippen LogP contribution in [-0.2, 0) is 6.42 Å². The van der Waals surface area contributed by atoms with Crippen molar-refractivity contribution in [3.63, 3.8) is 0 Å². The largest absolute Gasteiger partial charge is 0.384 e. The Balaban J connectivity index is 1.94. The van der Waals surface area contributed by atoms with Crippen LogP contribution in [0.4, 0.5) is 5.82 Å². The molecule has 0 aliphatic rings. The van der Waals surface area contributed by atoms with E-state index < -0.39 is 0 Å². The molecular formula is C18H25N3S. The van der Waals surface area contributed by atoms with Crippen molar-refractivity contribution < 1.29 is 0 Å². The van der Waals surface area contributed by atoms with Crippen LogP contribution in [0.25, 0.3) is 0 Å². The lowest BCUT2D eigenvalue weighted by atomic mass is 9.89. The van der Waals surface area contributed by atoms with Crippen molar-refractivity contribution in [2.45, 2.75) is 57.0 Å². The molecule has 0 saturated carbocycles. The summed E-state index contributed by atoms with van der Waals surface area (Å²) < 4.78 is 0. The van der Waals surface area contributed by atoms with Crippen LogP contribution in [0.15, 0.2) is 40.4 Å². The van der Waals surface area contributed by atoms with Crippen molar-refractivity contribution in [2.24, 2.45) is 5.41 Å². The predicted molar refractivity (Wildman–Crippen MR) is 94.1 cm³/mol. The van der Waals surface area contributed by atoms with Crippen LogP contribution in [0.2, 0.25) is 0 Å². The van der Waals surface area contributed by atoms with E-state index in [-0.39, 0.29) is 0 Å². The number of nitrogen functional groups attached to an aromatic ring is 1. The lowest BCUT2D eigenvalue weighted by Gasteiger charge is -2.17. The molecule has 0 unspecified atom stereocenters. The molecule has 2 N–H and O–H groups in total. The van der Waals surface area contributed by atoms with E-state index in [9.17, 15) is 0 Å². The highest BCUT2D eigenvalue weighted by atomic mass is 32.2. The molecular weight excluding hydrogens is 290 g/mol. The van der Waals surface area contributed by atoms with Gasteiger partial charge in [0.05, 0.1) is 0 Å². The second kappa shape index (κ2) is 7.14. The van der Waals surface area contributed by atoms with Crippen molar-refractivity contribution in [1.82, 2.24) is 9.97 Å². The van der Waals surface area contributed by atoms with Crippen LogP contribution in [0.5, 0.6) is 0 Å². The van der Waals surface area contributed by atoms with Crippen LogP contribution in [0, 0.1) is 12.3 Å². The quantitative estimate of drug-likeness (QED) is 0.798. The summed E-state index contributed by atoms with van der Waals surface area (Å²) in [6.07, 6.45) is 3.61. The molecule has 1 heterocycles. The second-order valence-electron chi connectivity index (χ2n) is 6.88. The Morgan fingerprint density at radius 1 is 1.09 bits per heavy atom. The van der Waals surface area contributed by atoms with Crippen molar-refractivity contribution in [1.29, 1.82) is 0 Å². The molecule has 0 aliphatic heterocycles. The van der Waals surface area contributed by atoms with E-state index >= 15 is 0 Å². The average Bonchev–Trinajstić information content (AvgIpc) is 2.38. The Bertz CT molecular complexity index is 595. The zero-order valence-electron chi connectivity index (χ0n) is 13.9. The van der Waals surface area contributed by atoms with Crippen molar-refractivity contribution in [3.05, 3.63) is 41.6 Å². The van der Waals surface area contributed by atoms with Crippen molar-refractivity contribution >= 4 is 17.6 Å². The summed E-state index contributed by atoms with van der Waals surface area (Å²) in [5.74, 6) is 0.522. The monoisotopic (exact) mass is 315 g/mol. The van der Waals surface area contributed by atoms with Gasteiger partial charge in [0.15, 0.2) is 5.16 Å². The van der Waals surface area contributed by atoms with Gasteiger partial charge in [-0.2, -0.15) is 0 Å². The van der Waals surface area contributed by atoms with E-state index in [1.54, 1.807) is 17.8 Å². The summed E-state index contributed by atoms with van der Waals surface area (Å²) in [7, 11) is 0. The second-order valence-corrected chi connectivity index (χ2v) is 7.92. The number of nitrogens with zero attached hydrogens (tertiary/aromatic N) is 2. The Kier molecular flexibility index (Phi) is 5.46. The molecule has 0 spiro atoms. The zero-order valence-corrected chi connectivity index (χ0v) is 14.7. The smallest absolute Gasteiger partial charge is 0.194 e. The highest BCUT2D eigenvalue weighted by Gasteiger charge is 2.09. The fourth-order valence-corrected chi connectivity index (χ4v) is 3.09. The SMILES string of the molecule is Cc1cc(N)nc(Sc2ccc(CCCC(C)(C)C)cc2)n1. The maximum atomic E-state index is 5.76. The summed E-state index contributed by atoms with van der Waals surface area (Å²) in [5.41, 5.74) is 8.46. The third kappa shape index (κ3) is 5.68. The molecule has 0 amide bonds. The van der Waals surface area contributed by atoms with Gasteiger partial charge in [0, 0.05) is 16.7 Å². The maximum absolute atomic E-state index is 5.76. The zero-order chi connectivity index (χ0) is 16.2. The third-order valence-corrected chi connectivity index (χ3v) is 4.25. The first-order valence-corrected chi connectivity index (χ1v) is 8.51. The molecule has 0 radical (unpaired) electrons. The van der Waals surface area contributed by atoms with E-state index in [1.807, 2.05) is 6.92 Å². The first-order valence-electron chi connectivity index (χ1n) is 7.70. The lowest BCUT2D eigenvalue weighted by Crippen LogP contribution is -2.04. The van der Waals surface area contributed by atoms with Gasteiger partial charge in [0.2, 0.25) is 0 Å². The maximum Gasteiger partial charge on any atom is 0.194 e. The van der Waals surface area contributed by atoms with E-state index in [2.05, 4.69) is 55.0 Å². The molecule has 1 aromatic carbocycles. The molecule has 0 atom stereocenters. The summed E-state index contributed by atoms with van der Waals surface area (Å²) in [6.45, 7) is 8.81. The number of anilines is 1. The fourth-order valence-electron chi connectivity index (χ4n) is 2.26. The van der Waals surface area contributed by atoms with Crippen LogP contribution >= 0.6 is 11.8 Å². The van der Waals surface area contributed by atoms with E-state index in [4.69, 9.17) is 5.73 Å². The van der Waals surface area contributed by atoms with E-state index in [0.717, 1.165) is 17.0 Å². The van der Waals surface area contributed by atoms with E-state index in [1.165, 1.54) is 18.4 Å².